The van der Waals surface area contributed by atoms with Crippen LogP contribution in [0.15, 0.2) is 30.3 Å². The zero-order chi connectivity index (χ0) is 8.23. The van der Waals surface area contributed by atoms with Gasteiger partial charge in [0.25, 0.3) is 0 Å². The van der Waals surface area contributed by atoms with E-state index in [4.69, 9.17) is 0 Å². The van der Waals surface area contributed by atoms with Crippen LogP contribution in [-0.2, 0) is 0 Å². The molecule has 0 aliphatic carbocycles. The molecule has 2 rings (SSSR count). The molecule has 1 saturated heterocycles. The predicted molar refractivity (Wildman–Crippen MR) is 62.7 cm³/mol. The summed E-state index contributed by atoms with van der Waals surface area (Å²) < 4.78 is 4.84. The first-order chi connectivity index (χ1) is 5.97. The summed E-state index contributed by atoms with van der Waals surface area (Å²) in [6, 6.07) is 11.2. The van der Waals surface area contributed by atoms with E-state index >= 15 is 0 Å². The van der Waals surface area contributed by atoms with Crippen LogP contribution in [0.5, 0.6) is 0 Å². The maximum absolute atomic E-state index is 2.34. The molecule has 0 radical (unpaired) electrons. The third kappa shape index (κ3) is 2.00. The van der Waals surface area contributed by atoms with Crippen molar-refractivity contribution in [1.29, 1.82) is 0 Å². The molecule has 0 amide bonds. The SMILES string of the molecule is c1ccc(I2CCCCC2)cc1. The van der Waals surface area contributed by atoms with Crippen LogP contribution in [0, 0.1) is 3.57 Å². The Morgan fingerprint density at radius 3 is 2.17 bits per heavy atom. The van der Waals surface area contributed by atoms with E-state index in [0.29, 0.717) is 0 Å². The average molecular weight is 274 g/mol. The molecule has 0 bridgehead atoms. The summed E-state index contributed by atoms with van der Waals surface area (Å²) >= 11 is -0.657. The van der Waals surface area contributed by atoms with Crippen molar-refractivity contribution < 1.29 is 0 Å². The van der Waals surface area contributed by atoms with E-state index in [9.17, 15) is 0 Å². The van der Waals surface area contributed by atoms with Gasteiger partial charge in [0.05, 0.1) is 0 Å². The van der Waals surface area contributed by atoms with E-state index in [0.717, 1.165) is 0 Å². The number of benzene rings is 1. The molecule has 0 atom stereocenters. The molecule has 0 nitrogen and oxygen atoms in total. The molecule has 1 aliphatic heterocycles. The van der Waals surface area contributed by atoms with Crippen LogP contribution in [0.4, 0.5) is 0 Å². The fraction of sp³-hybridized carbons (Fsp3) is 0.455. The Bertz CT molecular complexity index is 224. The van der Waals surface area contributed by atoms with Gasteiger partial charge in [0.2, 0.25) is 0 Å². The molecule has 1 aromatic rings. The Morgan fingerprint density at radius 1 is 0.833 bits per heavy atom. The number of halogens is 1. The zero-order valence-corrected chi connectivity index (χ0v) is 9.46. The van der Waals surface area contributed by atoms with Gasteiger partial charge in [0, 0.05) is 0 Å². The van der Waals surface area contributed by atoms with Crippen molar-refractivity contribution in [2.45, 2.75) is 19.3 Å². The number of hydrogen-bond acceptors (Lipinski definition) is 0. The first kappa shape index (κ1) is 8.54. The Labute approximate surface area is 81.8 Å². The van der Waals surface area contributed by atoms with Gasteiger partial charge in [-0.25, -0.2) is 0 Å². The van der Waals surface area contributed by atoms with Gasteiger partial charge in [-0.15, -0.1) is 0 Å². The summed E-state index contributed by atoms with van der Waals surface area (Å²) in [6.07, 6.45) is 4.49. The van der Waals surface area contributed by atoms with E-state index in [1.807, 2.05) is 0 Å². The van der Waals surface area contributed by atoms with Crippen LogP contribution in [-0.4, -0.2) is 8.86 Å². The normalized spacial score (nSPS) is 20.8. The molecule has 1 aliphatic rings. The minimum absolute atomic E-state index is 0.657. The Morgan fingerprint density at radius 2 is 1.50 bits per heavy atom. The summed E-state index contributed by atoms with van der Waals surface area (Å²) in [7, 11) is 0. The second kappa shape index (κ2) is 4.26. The number of hydrogen-bond donors (Lipinski definition) is 0. The molecule has 0 saturated carbocycles. The molecule has 1 heteroatoms. The first-order valence-corrected chi connectivity index (χ1v) is 8.76. The van der Waals surface area contributed by atoms with Gasteiger partial charge < -0.3 is 0 Å². The molecule has 0 unspecified atom stereocenters. The molecule has 1 heterocycles. The van der Waals surface area contributed by atoms with E-state index in [2.05, 4.69) is 30.3 Å². The van der Waals surface area contributed by atoms with Crippen LogP contribution in [0.3, 0.4) is 0 Å². The van der Waals surface area contributed by atoms with Crippen molar-refractivity contribution >= 4 is 19.8 Å². The van der Waals surface area contributed by atoms with Gasteiger partial charge in [0.15, 0.2) is 0 Å². The second-order valence-electron chi connectivity index (χ2n) is 3.19. The summed E-state index contributed by atoms with van der Waals surface area (Å²) in [6.45, 7) is 0. The fourth-order valence-electron chi connectivity index (χ4n) is 1.59. The monoisotopic (exact) mass is 274 g/mol. The van der Waals surface area contributed by atoms with E-state index in [-0.39, 0.29) is 0 Å². The number of alkyl halides is 2. The van der Waals surface area contributed by atoms with E-state index < -0.39 is 19.8 Å². The topological polar surface area (TPSA) is 0 Å². The maximum atomic E-state index is 2.34. The molecule has 1 aromatic carbocycles. The Balaban J connectivity index is 2.08. The number of rotatable bonds is 1. The van der Waals surface area contributed by atoms with Gasteiger partial charge in [-0.1, -0.05) is 0 Å². The summed E-state index contributed by atoms with van der Waals surface area (Å²) in [5.74, 6) is 0. The van der Waals surface area contributed by atoms with Crippen molar-refractivity contribution in [2.24, 2.45) is 0 Å². The third-order valence-electron chi connectivity index (χ3n) is 2.27. The molecular weight excluding hydrogens is 259 g/mol. The first-order valence-electron chi connectivity index (χ1n) is 4.63. The molecule has 0 spiro atoms. The predicted octanol–water partition coefficient (Wildman–Crippen LogP) is 3.55. The van der Waals surface area contributed by atoms with E-state index in [1.165, 1.54) is 19.3 Å². The molecule has 66 valence electrons. The molecule has 1 fully saturated rings. The van der Waals surface area contributed by atoms with Crippen LogP contribution in [0.25, 0.3) is 0 Å². The zero-order valence-electron chi connectivity index (χ0n) is 7.30. The van der Waals surface area contributed by atoms with Gasteiger partial charge in [-0.05, 0) is 0 Å². The van der Waals surface area contributed by atoms with Crippen LogP contribution in [0.2, 0.25) is 0 Å². The quantitative estimate of drug-likeness (QED) is 0.542. The standard InChI is InChI=1S/C11H15I/c1-3-7-11(8-4-1)12-9-5-2-6-10-12/h1,3-4,7-8H,2,5-6,9-10H2. The van der Waals surface area contributed by atoms with Gasteiger partial charge in [-0.2, -0.15) is 0 Å². The van der Waals surface area contributed by atoms with Crippen molar-refractivity contribution in [2.75, 3.05) is 8.86 Å². The Kier molecular flexibility index (Phi) is 3.03. The minimum atomic E-state index is -0.657. The van der Waals surface area contributed by atoms with Crippen molar-refractivity contribution in [1.82, 2.24) is 0 Å². The van der Waals surface area contributed by atoms with Crippen molar-refractivity contribution in [3.63, 3.8) is 0 Å². The van der Waals surface area contributed by atoms with Gasteiger partial charge in [-0.3, -0.25) is 0 Å². The molecule has 0 N–H and O–H groups in total. The second-order valence-corrected chi connectivity index (χ2v) is 9.20. The van der Waals surface area contributed by atoms with Crippen LogP contribution in [0.1, 0.15) is 19.3 Å². The van der Waals surface area contributed by atoms with E-state index in [1.54, 1.807) is 12.4 Å². The average Bonchev–Trinajstić information content (AvgIpc) is 2.21. The van der Waals surface area contributed by atoms with Crippen molar-refractivity contribution in [3.05, 3.63) is 33.9 Å². The molecular formula is C11H15I. The van der Waals surface area contributed by atoms with Crippen LogP contribution < -0.4 is 0 Å². The fourth-order valence-corrected chi connectivity index (χ4v) is 7.73. The molecule has 12 heavy (non-hydrogen) atoms. The van der Waals surface area contributed by atoms with Crippen LogP contribution >= 0.6 is 19.8 Å². The van der Waals surface area contributed by atoms with Gasteiger partial charge >= 0.3 is 81.8 Å². The molecule has 0 aromatic heterocycles. The summed E-state index contributed by atoms with van der Waals surface area (Å²) in [4.78, 5) is 0. The van der Waals surface area contributed by atoms with Gasteiger partial charge in [0.1, 0.15) is 0 Å². The summed E-state index contributed by atoms with van der Waals surface area (Å²) in [5, 5.41) is 0. The third-order valence-corrected chi connectivity index (χ3v) is 8.88. The summed E-state index contributed by atoms with van der Waals surface area (Å²) in [5.41, 5.74) is 0. The van der Waals surface area contributed by atoms with Crippen molar-refractivity contribution in [3.8, 4) is 0 Å². The Hall–Kier alpha value is -0.0500.